The number of nitrogens with two attached hydrogens (primary N) is 2. The van der Waals surface area contributed by atoms with E-state index in [4.69, 9.17) is 0 Å². The smallest absolute Gasteiger partial charge is 0.423 e. The van der Waals surface area contributed by atoms with Crippen LogP contribution in [0, 0.1) is 17.5 Å². The van der Waals surface area contributed by atoms with Gasteiger partial charge in [-0.2, -0.15) is 48.3 Å². The molecule has 0 amide bonds. The van der Waals surface area contributed by atoms with Gasteiger partial charge in [-0.1, -0.05) is 0 Å². The van der Waals surface area contributed by atoms with E-state index in [9.17, 15) is 61.5 Å². The van der Waals surface area contributed by atoms with Crippen LogP contribution in [0.1, 0.15) is 0 Å². The fourth-order valence-corrected chi connectivity index (χ4v) is 1.54. The molecule has 0 aliphatic rings. The first-order valence-corrected chi connectivity index (χ1v) is 6.38. The zero-order valence-electron chi connectivity index (χ0n) is 12.9. The average molecular weight is 458 g/mol. The van der Waals surface area contributed by atoms with Gasteiger partial charge in [0.25, 0.3) is 0 Å². The molecule has 0 aliphatic heterocycles. The summed E-state index contributed by atoms with van der Waals surface area (Å²) in [4.78, 5) is 0. The van der Waals surface area contributed by atoms with Gasteiger partial charge in [-0.15, -0.1) is 0 Å². The minimum absolute atomic E-state index is 1.76. The van der Waals surface area contributed by atoms with Crippen molar-refractivity contribution < 1.29 is 66.2 Å². The monoisotopic (exact) mass is 458 g/mol. The first kappa shape index (κ1) is 24.4. The Morgan fingerprint density at radius 1 is 0.655 bits per heavy atom. The molecule has 1 aromatic rings. The first-order valence-electron chi connectivity index (χ1n) is 6.38. The van der Waals surface area contributed by atoms with Crippen molar-refractivity contribution in [2.45, 2.75) is 23.9 Å². The highest BCUT2D eigenvalue weighted by atomic mass is 19.4. The Labute approximate surface area is 149 Å². The summed E-state index contributed by atoms with van der Waals surface area (Å²) in [5.41, 5.74) is 5.81. The number of benzene rings is 1. The van der Waals surface area contributed by atoms with Crippen molar-refractivity contribution in [2.75, 3.05) is 11.5 Å². The van der Waals surface area contributed by atoms with Crippen molar-refractivity contribution in [3.8, 4) is 5.75 Å². The third-order valence-corrected chi connectivity index (χ3v) is 3.13. The van der Waals surface area contributed by atoms with E-state index in [-0.39, 0.29) is 0 Å². The molecule has 0 aromatic heterocycles. The van der Waals surface area contributed by atoms with E-state index in [0.717, 1.165) is 0 Å². The van der Waals surface area contributed by atoms with Crippen molar-refractivity contribution in [3.63, 3.8) is 0 Å². The number of hydrogen-bond donors (Lipinski definition) is 2. The van der Waals surface area contributed by atoms with Gasteiger partial charge in [0.1, 0.15) is 11.4 Å². The van der Waals surface area contributed by atoms with Crippen molar-refractivity contribution in [2.24, 2.45) is 0 Å². The maximum absolute atomic E-state index is 13.5. The molecular formula is C12H4F14N2O. The summed E-state index contributed by atoms with van der Waals surface area (Å²) in [5, 5.41) is 0. The SMILES string of the molecule is Nc1c(F)c(N)c(F)c(OC(F)=C(F)C(F)(F)C(F)(F)C(F)(F)C(F)(F)F)c1F. The number of alkyl halides is 9. The highest BCUT2D eigenvalue weighted by Crippen LogP contribution is 2.56. The Kier molecular flexibility index (Phi) is 5.90. The maximum Gasteiger partial charge on any atom is 0.460 e. The summed E-state index contributed by atoms with van der Waals surface area (Å²) in [6.07, 6.45) is -7.35. The van der Waals surface area contributed by atoms with Gasteiger partial charge in [-0.25, -0.2) is 13.2 Å². The summed E-state index contributed by atoms with van der Waals surface area (Å²) in [5.74, 6) is -36.2. The van der Waals surface area contributed by atoms with E-state index in [1.807, 2.05) is 0 Å². The zero-order chi connectivity index (χ0) is 23.3. The molecule has 0 saturated carbocycles. The second-order valence-electron chi connectivity index (χ2n) is 5.01. The number of ether oxygens (including phenoxy) is 1. The largest absolute Gasteiger partial charge is 0.460 e. The van der Waals surface area contributed by atoms with Gasteiger partial charge in [0.05, 0.1) is 0 Å². The predicted octanol–water partition coefficient (Wildman–Crippen LogP) is 5.22. The minimum Gasteiger partial charge on any atom is -0.423 e. The van der Waals surface area contributed by atoms with Crippen LogP contribution < -0.4 is 16.2 Å². The second kappa shape index (κ2) is 7.01. The molecule has 29 heavy (non-hydrogen) atoms. The third kappa shape index (κ3) is 3.57. The molecule has 0 saturated heterocycles. The molecule has 0 atom stereocenters. The fraction of sp³-hybridized carbons (Fsp3) is 0.333. The summed E-state index contributed by atoms with van der Waals surface area (Å²) in [7, 11) is 0. The van der Waals surface area contributed by atoms with Crippen LogP contribution in [-0.2, 0) is 0 Å². The van der Waals surface area contributed by atoms with Crippen LogP contribution in [0.2, 0.25) is 0 Å². The summed E-state index contributed by atoms with van der Waals surface area (Å²) in [6, 6.07) is -3.78. The van der Waals surface area contributed by atoms with Crippen LogP contribution in [0.25, 0.3) is 0 Å². The van der Waals surface area contributed by atoms with E-state index in [1.165, 1.54) is 0 Å². The highest BCUT2D eigenvalue weighted by Gasteiger charge is 2.83. The lowest BCUT2D eigenvalue weighted by Crippen LogP contribution is -2.61. The number of nitrogen functional groups attached to an aromatic ring is 2. The van der Waals surface area contributed by atoms with E-state index in [2.05, 4.69) is 16.2 Å². The topological polar surface area (TPSA) is 61.3 Å². The Morgan fingerprint density at radius 2 is 1.03 bits per heavy atom. The van der Waals surface area contributed by atoms with E-state index in [1.54, 1.807) is 0 Å². The standard InChI is InChI=1S/C12H4F14N2O/c13-1-4(27)2(14)6(3(15)5(1)28)29-8(17)7(16)9(18,19)10(20,21)11(22,23)12(24,25)26/h27-28H2. The molecule has 0 spiro atoms. The summed E-state index contributed by atoms with van der Waals surface area (Å²) < 4.78 is 183. The lowest BCUT2D eigenvalue weighted by Gasteiger charge is -2.32. The predicted molar refractivity (Wildman–Crippen MR) is 65.9 cm³/mol. The van der Waals surface area contributed by atoms with E-state index < -0.39 is 70.4 Å². The van der Waals surface area contributed by atoms with Crippen LogP contribution in [-0.4, -0.2) is 23.9 Å². The Morgan fingerprint density at radius 3 is 1.38 bits per heavy atom. The van der Waals surface area contributed by atoms with Crippen LogP contribution in [0.3, 0.4) is 0 Å². The molecular weight excluding hydrogens is 454 g/mol. The number of allylic oxidation sites excluding steroid dienone is 1. The molecule has 0 heterocycles. The van der Waals surface area contributed by atoms with Crippen molar-refractivity contribution in [3.05, 3.63) is 29.3 Å². The zero-order valence-corrected chi connectivity index (χ0v) is 12.9. The molecule has 0 unspecified atom stereocenters. The van der Waals surface area contributed by atoms with Crippen molar-refractivity contribution >= 4 is 11.4 Å². The number of halogens is 14. The molecule has 166 valence electrons. The minimum atomic E-state index is -7.64. The van der Waals surface area contributed by atoms with Gasteiger partial charge in [0.15, 0.2) is 17.5 Å². The van der Waals surface area contributed by atoms with Gasteiger partial charge in [0.2, 0.25) is 11.6 Å². The van der Waals surface area contributed by atoms with Gasteiger partial charge in [0, 0.05) is 0 Å². The normalized spacial score (nSPS) is 14.7. The lowest BCUT2D eigenvalue weighted by atomic mass is 10.0. The molecule has 0 fully saturated rings. The molecule has 0 radical (unpaired) electrons. The quantitative estimate of drug-likeness (QED) is 0.361. The van der Waals surface area contributed by atoms with Gasteiger partial charge in [-0.05, 0) is 0 Å². The number of anilines is 2. The molecule has 4 N–H and O–H groups in total. The molecule has 0 aliphatic carbocycles. The fourth-order valence-electron chi connectivity index (χ4n) is 1.54. The molecule has 17 heteroatoms. The Hall–Kier alpha value is -2.62. The number of rotatable bonds is 5. The summed E-state index contributed by atoms with van der Waals surface area (Å²) >= 11 is 0. The maximum atomic E-state index is 13.5. The Balaban J connectivity index is 3.55. The van der Waals surface area contributed by atoms with Crippen LogP contribution in [0.4, 0.5) is 72.8 Å². The van der Waals surface area contributed by atoms with Crippen LogP contribution in [0.5, 0.6) is 5.75 Å². The second-order valence-corrected chi connectivity index (χ2v) is 5.01. The molecule has 0 bridgehead atoms. The van der Waals surface area contributed by atoms with Crippen molar-refractivity contribution in [1.29, 1.82) is 0 Å². The third-order valence-electron chi connectivity index (χ3n) is 3.13. The molecule has 1 aromatic carbocycles. The van der Waals surface area contributed by atoms with Gasteiger partial charge < -0.3 is 16.2 Å². The van der Waals surface area contributed by atoms with Crippen LogP contribution >= 0.6 is 0 Å². The van der Waals surface area contributed by atoms with Crippen LogP contribution in [0.15, 0.2) is 11.8 Å². The molecule has 3 nitrogen and oxygen atoms in total. The number of hydrogen-bond acceptors (Lipinski definition) is 3. The summed E-state index contributed by atoms with van der Waals surface area (Å²) in [6.45, 7) is 0. The van der Waals surface area contributed by atoms with E-state index in [0.29, 0.717) is 0 Å². The average Bonchev–Trinajstić information content (AvgIpc) is 2.59. The highest BCUT2D eigenvalue weighted by molar-refractivity contribution is 5.61. The van der Waals surface area contributed by atoms with Gasteiger partial charge >= 0.3 is 30.0 Å². The van der Waals surface area contributed by atoms with E-state index >= 15 is 0 Å². The van der Waals surface area contributed by atoms with Gasteiger partial charge in [-0.3, -0.25) is 0 Å². The van der Waals surface area contributed by atoms with Crippen molar-refractivity contribution in [1.82, 2.24) is 0 Å². The first-order chi connectivity index (χ1) is 12.7. The lowest BCUT2D eigenvalue weighted by molar-refractivity contribution is -0.392. The molecule has 1 rings (SSSR count). The Bertz CT molecular complexity index is 815.